The Balaban J connectivity index is 0.000000599. The van der Waals surface area contributed by atoms with Gasteiger partial charge in [-0.3, -0.25) is 4.90 Å². The second kappa shape index (κ2) is 15.3. The second-order valence-electron chi connectivity index (χ2n) is 10.0. The van der Waals surface area contributed by atoms with E-state index in [0.29, 0.717) is 12.5 Å². The van der Waals surface area contributed by atoms with Gasteiger partial charge in [-0.15, -0.1) is 0 Å². The fraction of sp³-hybridized carbons (Fsp3) is 0.533. The molecule has 208 valence electrons. The Hall–Kier alpha value is -3.10. The minimum atomic E-state index is -1.82. The normalized spacial score (nSPS) is 18.1. The third-order valence-electron chi connectivity index (χ3n) is 7.59. The third kappa shape index (κ3) is 8.74. The van der Waals surface area contributed by atoms with E-state index >= 15 is 0 Å². The zero-order chi connectivity index (χ0) is 27.3. The summed E-state index contributed by atoms with van der Waals surface area (Å²) >= 11 is 0. The lowest BCUT2D eigenvalue weighted by Gasteiger charge is -2.38. The van der Waals surface area contributed by atoms with Gasteiger partial charge in [-0.2, -0.15) is 0 Å². The summed E-state index contributed by atoms with van der Waals surface area (Å²) in [6.45, 7) is 7.94. The Morgan fingerprint density at radius 1 is 0.895 bits per heavy atom. The van der Waals surface area contributed by atoms with Crippen molar-refractivity contribution in [3.05, 3.63) is 60.2 Å². The second-order valence-corrected chi connectivity index (χ2v) is 10.0. The van der Waals surface area contributed by atoms with E-state index in [1.54, 1.807) is 0 Å². The third-order valence-corrected chi connectivity index (χ3v) is 7.59. The van der Waals surface area contributed by atoms with Crippen LogP contribution in [-0.2, 0) is 9.59 Å². The summed E-state index contributed by atoms with van der Waals surface area (Å²) in [5.41, 5.74) is 2.51. The number of piperazine rings is 1. The maximum atomic E-state index is 11.3. The average molecular weight is 527 g/mol. The SMILES string of the molecule is CCOc1ccccc1N1CCN(CCC(c2ccccc2)C(O)C2CCCCC2)CC1.O=C(O)C(=O)O. The standard InChI is InChI=1S/C28H40N2O2.C2H2O4/c1-2-32-27-16-10-9-15-26(27)30-21-19-29(20-22-30)18-17-25(23-11-5-3-6-12-23)28(31)24-13-7-4-8-14-24;3-1(4)2(5)6/h3,5-6,9-12,15-16,24-25,28,31H,2,4,7-8,13-14,17-22H2,1H3;(H,3,4)(H,5,6). The van der Waals surface area contributed by atoms with Crippen LogP contribution in [0.15, 0.2) is 54.6 Å². The van der Waals surface area contributed by atoms with Crippen LogP contribution in [0.1, 0.15) is 56.9 Å². The number of carboxylic acid groups (broad SMARTS) is 2. The fourth-order valence-electron chi connectivity index (χ4n) is 5.57. The van der Waals surface area contributed by atoms with E-state index in [0.717, 1.165) is 44.9 Å². The molecule has 38 heavy (non-hydrogen) atoms. The van der Waals surface area contributed by atoms with Gasteiger partial charge in [0, 0.05) is 32.1 Å². The first-order chi connectivity index (χ1) is 18.4. The Morgan fingerprint density at radius 2 is 1.50 bits per heavy atom. The molecule has 0 bridgehead atoms. The zero-order valence-corrected chi connectivity index (χ0v) is 22.4. The van der Waals surface area contributed by atoms with Crippen molar-refractivity contribution in [1.82, 2.24) is 4.90 Å². The smallest absolute Gasteiger partial charge is 0.414 e. The monoisotopic (exact) mass is 526 g/mol. The van der Waals surface area contributed by atoms with Gasteiger partial charge < -0.3 is 25.0 Å². The molecule has 1 heterocycles. The van der Waals surface area contributed by atoms with Crippen molar-refractivity contribution < 1.29 is 29.6 Å². The van der Waals surface area contributed by atoms with Crippen LogP contribution in [0.25, 0.3) is 0 Å². The summed E-state index contributed by atoms with van der Waals surface area (Å²) in [7, 11) is 0. The molecule has 2 atom stereocenters. The highest BCUT2D eigenvalue weighted by Gasteiger charge is 2.30. The van der Waals surface area contributed by atoms with Gasteiger partial charge >= 0.3 is 11.9 Å². The van der Waals surface area contributed by atoms with Crippen LogP contribution >= 0.6 is 0 Å². The molecule has 2 aliphatic rings. The van der Waals surface area contributed by atoms with Gasteiger partial charge in [0.15, 0.2) is 0 Å². The van der Waals surface area contributed by atoms with E-state index in [9.17, 15) is 5.11 Å². The first-order valence-corrected chi connectivity index (χ1v) is 13.8. The van der Waals surface area contributed by atoms with Crippen molar-refractivity contribution >= 4 is 17.6 Å². The largest absolute Gasteiger partial charge is 0.492 e. The molecular weight excluding hydrogens is 484 g/mol. The highest BCUT2D eigenvalue weighted by Crippen LogP contribution is 2.35. The number of hydrogen-bond acceptors (Lipinski definition) is 6. The van der Waals surface area contributed by atoms with Crippen LogP contribution in [0, 0.1) is 5.92 Å². The first-order valence-electron chi connectivity index (χ1n) is 13.8. The quantitative estimate of drug-likeness (QED) is 0.410. The number of aliphatic hydroxyl groups excluding tert-OH is 1. The first kappa shape index (κ1) is 29.5. The van der Waals surface area contributed by atoms with Crippen molar-refractivity contribution in [1.29, 1.82) is 0 Å². The number of hydrogen-bond donors (Lipinski definition) is 3. The lowest BCUT2D eigenvalue weighted by Crippen LogP contribution is -2.47. The molecule has 1 aliphatic heterocycles. The lowest BCUT2D eigenvalue weighted by molar-refractivity contribution is -0.159. The molecule has 2 aromatic carbocycles. The highest BCUT2D eigenvalue weighted by atomic mass is 16.5. The molecule has 1 saturated carbocycles. The molecule has 1 saturated heterocycles. The van der Waals surface area contributed by atoms with Crippen LogP contribution in [0.4, 0.5) is 5.69 Å². The lowest BCUT2D eigenvalue weighted by atomic mass is 9.77. The number of nitrogens with zero attached hydrogens (tertiary/aromatic N) is 2. The molecule has 0 amide bonds. The number of anilines is 1. The molecule has 4 rings (SSSR count). The van der Waals surface area contributed by atoms with Crippen molar-refractivity contribution in [2.45, 2.75) is 57.5 Å². The number of carbonyl (C=O) groups is 2. The van der Waals surface area contributed by atoms with Gasteiger partial charge in [-0.05, 0) is 56.3 Å². The van der Waals surface area contributed by atoms with E-state index < -0.39 is 11.9 Å². The van der Waals surface area contributed by atoms with Crippen molar-refractivity contribution in [2.24, 2.45) is 5.92 Å². The summed E-state index contributed by atoms with van der Waals surface area (Å²) in [5.74, 6) is -1.97. The molecule has 0 radical (unpaired) electrons. The van der Waals surface area contributed by atoms with E-state index in [2.05, 4.69) is 58.3 Å². The molecule has 0 aromatic heterocycles. The molecule has 2 fully saturated rings. The van der Waals surface area contributed by atoms with Crippen LogP contribution < -0.4 is 9.64 Å². The Kier molecular flexibility index (Phi) is 11.9. The molecule has 1 aliphatic carbocycles. The molecule has 0 spiro atoms. The molecule has 8 nitrogen and oxygen atoms in total. The number of para-hydroxylation sites is 2. The highest BCUT2D eigenvalue weighted by molar-refractivity contribution is 6.27. The predicted molar refractivity (Wildman–Crippen MR) is 148 cm³/mol. The van der Waals surface area contributed by atoms with Gasteiger partial charge in [0.05, 0.1) is 18.4 Å². The van der Waals surface area contributed by atoms with Gasteiger partial charge in [-0.1, -0.05) is 61.7 Å². The van der Waals surface area contributed by atoms with Crippen LogP contribution in [0.3, 0.4) is 0 Å². The molecule has 2 aromatic rings. The van der Waals surface area contributed by atoms with Crippen molar-refractivity contribution in [3.63, 3.8) is 0 Å². The Labute approximate surface area is 225 Å². The van der Waals surface area contributed by atoms with E-state index in [1.165, 1.54) is 43.4 Å². The van der Waals surface area contributed by atoms with Crippen molar-refractivity contribution in [2.75, 3.05) is 44.2 Å². The summed E-state index contributed by atoms with van der Waals surface area (Å²) in [5, 5.41) is 26.1. The number of rotatable bonds is 9. The molecule has 8 heteroatoms. The van der Waals surface area contributed by atoms with E-state index in [4.69, 9.17) is 24.5 Å². The predicted octanol–water partition coefficient (Wildman–Crippen LogP) is 4.48. The summed E-state index contributed by atoms with van der Waals surface area (Å²) in [6.07, 6.45) is 7.04. The van der Waals surface area contributed by atoms with Crippen LogP contribution in [0.5, 0.6) is 5.75 Å². The maximum Gasteiger partial charge on any atom is 0.414 e. The Morgan fingerprint density at radius 3 is 2.11 bits per heavy atom. The summed E-state index contributed by atoms with van der Waals surface area (Å²) < 4.78 is 5.85. The summed E-state index contributed by atoms with van der Waals surface area (Å²) in [6, 6.07) is 19.1. The molecule has 3 N–H and O–H groups in total. The van der Waals surface area contributed by atoms with Gasteiger partial charge in [0.1, 0.15) is 5.75 Å². The Bertz CT molecular complexity index is 975. The van der Waals surface area contributed by atoms with Gasteiger partial charge in [0.2, 0.25) is 0 Å². The summed E-state index contributed by atoms with van der Waals surface area (Å²) in [4.78, 5) is 23.2. The van der Waals surface area contributed by atoms with Gasteiger partial charge in [0.25, 0.3) is 0 Å². The topological polar surface area (TPSA) is 111 Å². The number of ether oxygens (including phenoxy) is 1. The minimum Gasteiger partial charge on any atom is -0.492 e. The number of carboxylic acids is 2. The fourth-order valence-corrected chi connectivity index (χ4v) is 5.57. The number of benzene rings is 2. The van der Waals surface area contributed by atoms with Crippen molar-refractivity contribution in [3.8, 4) is 5.75 Å². The van der Waals surface area contributed by atoms with Crippen LogP contribution in [-0.4, -0.2) is 77.6 Å². The molecular formula is C30H42N2O6. The molecule has 2 unspecified atom stereocenters. The van der Waals surface area contributed by atoms with Crippen LogP contribution in [0.2, 0.25) is 0 Å². The van der Waals surface area contributed by atoms with E-state index in [1.807, 2.05) is 13.0 Å². The maximum absolute atomic E-state index is 11.3. The van der Waals surface area contributed by atoms with Gasteiger partial charge in [-0.25, -0.2) is 9.59 Å². The van der Waals surface area contributed by atoms with E-state index in [-0.39, 0.29) is 12.0 Å². The number of aliphatic hydroxyl groups is 1. The number of aliphatic carboxylic acids is 2. The minimum absolute atomic E-state index is 0.225. The average Bonchev–Trinajstić information content (AvgIpc) is 2.95. The zero-order valence-electron chi connectivity index (χ0n) is 22.4.